The van der Waals surface area contributed by atoms with Crippen LogP contribution in [-0.2, 0) is 6.42 Å². The highest BCUT2D eigenvalue weighted by Crippen LogP contribution is 2.47. The van der Waals surface area contributed by atoms with Gasteiger partial charge in [0.25, 0.3) is 5.78 Å². The third-order valence-corrected chi connectivity index (χ3v) is 3.96. The Kier molecular flexibility index (Phi) is 2.80. The standard InChI is InChI=1S/C15H13N5O3/c1-4-7-5-8(22-2)9-10(14(7)23-3)11-12(13(9)21)17-15-18-16-6-20(15)19-11/h5-6H,4H2,1-3H3. The van der Waals surface area contributed by atoms with Crippen molar-refractivity contribution in [1.82, 2.24) is 24.8 Å². The van der Waals surface area contributed by atoms with E-state index in [0.29, 0.717) is 28.3 Å². The summed E-state index contributed by atoms with van der Waals surface area (Å²) in [4.78, 5) is 17.1. The number of hydrogen-bond donors (Lipinski definition) is 0. The van der Waals surface area contributed by atoms with E-state index in [4.69, 9.17) is 9.47 Å². The maximum atomic E-state index is 12.8. The van der Waals surface area contributed by atoms with Gasteiger partial charge in [0.05, 0.1) is 25.3 Å². The topological polar surface area (TPSA) is 91.5 Å². The lowest BCUT2D eigenvalue weighted by molar-refractivity contribution is 0.103. The SMILES string of the molecule is CCc1cc(OC)c2c(c1OC)-c1nn3cnnc3nc1C2=O. The van der Waals surface area contributed by atoms with Crippen molar-refractivity contribution in [3.8, 4) is 22.8 Å². The van der Waals surface area contributed by atoms with E-state index in [-0.39, 0.29) is 17.3 Å². The summed E-state index contributed by atoms with van der Waals surface area (Å²) in [5.41, 5.74) is 2.69. The van der Waals surface area contributed by atoms with Crippen LogP contribution in [0.2, 0.25) is 0 Å². The first kappa shape index (κ1) is 13.6. The summed E-state index contributed by atoms with van der Waals surface area (Å²) in [5, 5.41) is 12.0. The van der Waals surface area contributed by atoms with Crippen LogP contribution in [-0.4, -0.2) is 44.8 Å². The minimum Gasteiger partial charge on any atom is -0.496 e. The van der Waals surface area contributed by atoms with Crippen molar-refractivity contribution in [2.75, 3.05) is 14.2 Å². The van der Waals surface area contributed by atoms with Crippen LogP contribution in [0.1, 0.15) is 28.5 Å². The van der Waals surface area contributed by atoms with Gasteiger partial charge in [-0.15, -0.1) is 10.2 Å². The minimum atomic E-state index is -0.245. The minimum absolute atomic E-state index is 0.241. The second kappa shape index (κ2) is 4.73. The molecule has 1 aliphatic carbocycles. The Balaban J connectivity index is 2.14. The fourth-order valence-electron chi connectivity index (χ4n) is 2.92. The number of ketones is 1. The largest absolute Gasteiger partial charge is 0.496 e. The first-order chi connectivity index (χ1) is 11.2. The Labute approximate surface area is 131 Å². The summed E-state index contributed by atoms with van der Waals surface area (Å²) < 4.78 is 12.4. The highest BCUT2D eigenvalue weighted by atomic mass is 16.5. The van der Waals surface area contributed by atoms with Gasteiger partial charge in [-0.1, -0.05) is 6.92 Å². The number of rotatable bonds is 3. The number of ether oxygens (including phenoxy) is 2. The summed E-state index contributed by atoms with van der Waals surface area (Å²) in [7, 11) is 3.11. The Bertz CT molecular complexity index is 963. The van der Waals surface area contributed by atoms with Gasteiger partial charge >= 0.3 is 0 Å². The summed E-state index contributed by atoms with van der Waals surface area (Å²) in [5.74, 6) is 1.15. The quantitative estimate of drug-likeness (QED) is 0.563. The third kappa shape index (κ3) is 1.68. The molecular weight excluding hydrogens is 298 g/mol. The normalized spacial score (nSPS) is 12.4. The van der Waals surface area contributed by atoms with Crippen molar-refractivity contribution in [2.24, 2.45) is 0 Å². The average Bonchev–Trinajstić information content (AvgIpc) is 3.15. The second-order valence-electron chi connectivity index (χ2n) is 5.09. The highest BCUT2D eigenvalue weighted by Gasteiger charge is 2.37. The Morgan fingerprint density at radius 2 is 2.00 bits per heavy atom. The Morgan fingerprint density at radius 3 is 2.70 bits per heavy atom. The molecule has 0 fully saturated rings. The molecule has 0 saturated heterocycles. The summed E-state index contributed by atoms with van der Waals surface area (Å²) in [6.07, 6.45) is 2.18. The molecule has 0 atom stereocenters. The number of aromatic nitrogens is 5. The van der Waals surface area contributed by atoms with Crippen LogP contribution in [0.25, 0.3) is 17.0 Å². The fraction of sp³-hybridized carbons (Fsp3) is 0.267. The van der Waals surface area contributed by atoms with E-state index < -0.39 is 0 Å². The number of benzene rings is 1. The van der Waals surface area contributed by atoms with Crippen molar-refractivity contribution < 1.29 is 14.3 Å². The molecule has 116 valence electrons. The van der Waals surface area contributed by atoms with Crippen molar-refractivity contribution in [3.05, 3.63) is 29.2 Å². The maximum absolute atomic E-state index is 12.8. The molecule has 2 aromatic heterocycles. The number of nitrogens with zero attached hydrogens (tertiary/aromatic N) is 5. The predicted octanol–water partition coefficient (Wildman–Crippen LogP) is 1.31. The predicted molar refractivity (Wildman–Crippen MR) is 79.9 cm³/mol. The zero-order valence-electron chi connectivity index (χ0n) is 12.8. The van der Waals surface area contributed by atoms with Gasteiger partial charge < -0.3 is 9.47 Å². The van der Waals surface area contributed by atoms with E-state index in [1.807, 2.05) is 13.0 Å². The van der Waals surface area contributed by atoms with Crippen LogP contribution < -0.4 is 9.47 Å². The fourth-order valence-corrected chi connectivity index (χ4v) is 2.92. The average molecular weight is 311 g/mol. The molecule has 0 unspecified atom stereocenters. The molecular formula is C15H13N5O3. The summed E-state index contributed by atoms with van der Waals surface area (Å²) >= 11 is 0. The molecule has 23 heavy (non-hydrogen) atoms. The van der Waals surface area contributed by atoms with Gasteiger partial charge in [0.2, 0.25) is 5.78 Å². The molecule has 0 saturated carbocycles. The summed E-state index contributed by atoms with van der Waals surface area (Å²) in [6.45, 7) is 2.01. The Hall–Kier alpha value is -3.03. The van der Waals surface area contributed by atoms with Gasteiger partial charge in [-0.05, 0) is 18.1 Å². The van der Waals surface area contributed by atoms with Crippen LogP contribution in [0, 0.1) is 0 Å². The molecule has 0 aliphatic heterocycles. The van der Waals surface area contributed by atoms with Gasteiger partial charge in [-0.3, -0.25) is 4.79 Å². The van der Waals surface area contributed by atoms with Crippen LogP contribution in [0.15, 0.2) is 12.4 Å². The van der Waals surface area contributed by atoms with Crippen molar-refractivity contribution in [3.63, 3.8) is 0 Å². The molecule has 0 radical (unpaired) electrons. The highest BCUT2D eigenvalue weighted by molar-refractivity contribution is 6.22. The molecule has 0 bridgehead atoms. The van der Waals surface area contributed by atoms with E-state index >= 15 is 0 Å². The number of methoxy groups -OCH3 is 2. The number of carbonyl (C=O) groups is 1. The molecule has 1 aliphatic rings. The lowest BCUT2D eigenvalue weighted by atomic mass is 10.0. The smallest absolute Gasteiger partial charge is 0.272 e. The van der Waals surface area contributed by atoms with Crippen LogP contribution in [0.3, 0.4) is 0 Å². The lowest BCUT2D eigenvalue weighted by Crippen LogP contribution is -2.04. The Morgan fingerprint density at radius 1 is 1.17 bits per heavy atom. The number of hydrogen-bond acceptors (Lipinski definition) is 7. The zero-order chi connectivity index (χ0) is 16.1. The first-order valence-corrected chi connectivity index (χ1v) is 7.10. The first-order valence-electron chi connectivity index (χ1n) is 7.10. The van der Waals surface area contributed by atoms with Crippen LogP contribution >= 0.6 is 0 Å². The molecule has 3 aromatic rings. The maximum Gasteiger partial charge on any atom is 0.272 e. The molecule has 4 rings (SSSR count). The number of aryl methyl sites for hydroxylation is 1. The van der Waals surface area contributed by atoms with Gasteiger partial charge in [0, 0.05) is 0 Å². The number of carbonyl (C=O) groups excluding carboxylic acids is 1. The monoisotopic (exact) mass is 311 g/mol. The van der Waals surface area contributed by atoms with E-state index in [0.717, 1.165) is 12.0 Å². The molecule has 2 heterocycles. The third-order valence-electron chi connectivity index (χ3n) is 3.96. The summed E-state index contributed by atoms with van der Waals surface area (Å²) in [6, 6.07) is 1.83. The molecule has 0 N–H and O–H groups in total. The van der Waals surface area contributed by atoms with Gasteiger partial charge in [-0.25, -0.2) is 4.98 Å². The van der Waals surface area contributed by atoms with Gasteiger partial charge in [0.1, 0.15) is 29.2 Å². The zero-order valence-corrected chi connectivity index (χ0v) is 12.8. The van der Waals surface area contributed by atoms with E-state index in [1.54, 1.807) is 7.11 Å². The van der Waals surface area contributed by atoms with Crippen molar-refractivity contribution in [2.45, 2.75) is 13.3 Å². The van der Waals surface area contributed by atoms with E-state index in [2.05, 4.69) is 20.3 Å². The lowest BCUT2D eigenvalue weighted by Gasteiger charge is -2.14. The molecule has 8 nitrogen and oxygen atoms in total. The van der Waals surface area contributed by atoms with Crippen LogP contribution in [0.4, 0.5) is 0 Å². The van der Waals surface area contributed by atoms with E-state index in [9.17, 15) is 4.79 Å². The van der Waals surface area contributed by atoms with Gasteiger partial charge in [0.15, 0.2) is 0 Å². The van der Waals surface area contributed by atoms with Gasteiger partial charge in [-0.2, -0.15) is 9.61 Å². The number of fused-ring (bicyclic) bond motifs is 4. The molecule has 0 amide bonds. The van der Waals surface area contributed by atoms with E-state index in [1.165, 1.54) is 18.0 Å². The second-order valence-corrected chi connectivity index (χ2v) is 5.09. The molecule has 0 spiro atoms. The van der Waals surface area contributed by atoms with Crippen molar-refractivity contribution in [1.29, 1.82) is 0 Å². The van der Waals surface area contributed by atoms with Crippen LogP contribution in [0.5, 0.6) is 11.5 Å². The molecule has 1 aromatic carbocycles. The van der Waals surface area contributed by atoms with Crippen molar-refractivity contribution >= 4 is 11.6 Å². The molecule has 8 heteroatoms.